The van der Waals surface area contributed by atoms with E-state index in [1.165, 1.54) is 11.8 Å². The van der Waals surface area contributed by atoms with E-state index in [1.54, 1.807) is 0 Å². The van der Waals surface area contributed by atoms with Crippen LogP contribution < -0.4 is 5.90 Å². The summed E-state index contributed by atoms with van der Waals surface area (Å²) in [4.78, 5) is 17.0. The number of aliphatic hydroxyl groups excluding tert-OH is 1. The fourth-order valence-electron chi connectivity index (χ4n) is 1.50. The van der Waals surface area contributed by atoms with E-state index >= 15 is 0 Å². The number of rotatable bonds is 2. The zero-order chi connectivity index (χ0) is 10.7. The van der Waals surface area contributed by atoms with Gasteiger partial charge in [0.2, 0.25) is 0 Å². The largest absolute Gasteiger partial charge is 0.384 e. The van der Waals surface area contributed by atoms with Gasteiger partial charge >= 0.3 is 0 Å². The van der Waals surface area contributed by atoms with Gasteiger partial charge in [0.1, 0.15) is 18.4 Å². The molecule has 0 aromatic carbocycles. The molecule has 0 unspecified atom stereocenters. The Balaban J connectivity index is 2.50. The quantitative estimate of drug-likeness (QED) is 0.580. The molecule has 3 N–H and O–H groups in total. The molecule has 82 valence electrons. The molecule has 0 saturated carbocycles. The number of aliphatic hydroxyl groups is 1. The average Bonchev–Trinajstić information content (AvgIpc) is 2.16. The van der Waals surface area contributed by atoms with E-state index in [0.717, 1.165) is 0 Å². The highest BCUT2D eigenvalue weighted by Gasteiger charge is 2.32. The van der Waals surface area contributed by atoms with Gasteiger partial charge in [-0.1, -0.05) is 0 Å². The Labute approximate surface area is 81.6 Å². The van der Waals surface area contributed by atoms with Crippen LogP contribution in [0.15, 0.2) is 0 Å². The highest BCUT2D eigenvalue weighted by Crippen LogP contribution is 2.16. The second kappa shape index (κ2) is 4.68. The number of nitrogens with zero attached hydrogens (tertiary/aromatic N) is 1. The Morgan fingerprint density at radius 1 is 1.79 bits per heavy atom. The molecular formula is C8H15FN2O3. The summed E-state index contributed by atoms with van der Waals surface area (Å²) in [5.74, 6) is 4.43. The van der Waals surface area contributed by atoms with Crippen LogP contribution in [0.2, 0.25) is 0 Å². The molecule has 1 aliphatic rings. The van der Waals surface area contributed by atoms with Crippen LogP contribution in [0, 0.1) is 0 Å². The number of likely N-dealkylation sites (tertiary alicyclic amines) is 1. The van der Waals surface area contributed by atoms with Gasteiger partial charge in [0.25, 0.3) is 5.91 Å². The molecule has 1 saturated heterocycles. The first-order valence-electron chi connectivity index (χ1n) is 4.52. The topological polar surface area (TPSA) is 75.8 Å². The maximum absolute atomic E-state index is 13.2. The van der Waals surface area contributed by atoms with E-state index in [4.69, 9.17) is 11.0 Å². The minimum atomic E-state index is -1.28. The highest BCUT2D eigenvalue weighted by atomic mass is 19.1. The first kappa shape index (κ1) is 11.4. The van der Waals surface area contributed by atoms with Crippen molar-refractivity contribution in [3.8, 4) is 0 Å². The first-order valence-corrected chi connectivity index (χ1v) is 4.52. The summed E-state index contributed by atoms with van der Waals surface area (Å²) < 4.78 is 13.2. The monoisotopic (exact) mass is 206 g/mol. The molecule has 3 atom stereocenters. The fraction of sp³-hybridized carbons (Fsp3) is 0.875. The molecule has 1 heterocycles. The molecular weight excluding hydrogens is 191 g/mol. The summed E-state index contributed by atoms with van der Waals surface area (Å²) in [5.41, 5.74) is 0. The minimum absolute atomic E-state index is 0.0639. The van der Waals surface area contributed by atoms with Crippen molar-refractivity contribution in [1.82, 2.24) is 4.90 Å². The van der Waals surface area contributed by atoms with Crippen LogP contribution in [0.4, 0.5) is 4.39 Å². The van der Waals surface area contributed by atoms with Crippen molar-refractivity contribution in [3.63, 3.8) is 0 Å². The number of nitrogens with two attached hydrogens (primary N) is 1. The van der Waals surface area contributed by atoms with Crippen molar-refractivity contribution >= 4 is 5.91 Å². The van der Waals surface area contributed by atoms with Crippen LogP contribution in [0.5, 0.6) is 0 Å². The summed E-state index contributed by atoms with van der Waals surface area (Å²) >= 11 is 0. The second-order valence-electron chi connectivity index (χ2n) is 3.44. The summed E-state index contributed by atoms with van der Waals surface area (Å²) in [5, 5.41) is 9.01. The third-order valence-electron chi connectivity index (χ3n) is 2.33. The number of carbonyl (C=O) groups is 1. The van der Waals surface area contributed by atoms with Gasteiger partial charge in [0.15, 0.2) is 0 Å². The number of piperidine rings is 1. The lowest BCUT2D eigenvalue weighted by Gasteiger charge is -2.33. The molecule has 0 bridgehead atoms. The smallest absolute Gasteiger partial charge is 0.251 e. The highest BCUT2D eigenvalue weighted by molar-refractivity contribution is 5.80. The average molecular weight is 206 g/mol. The van der Waals surface area contributed by atoms with Gasteiger partial charge in [-0.3, -0.25) is 9.63 Å². The second-order valence-corrected chi connectivity index (χ2v) is 3.44. The van der Waals surface area contributed by atoms with Crippen LogP contribution in [0.1, 0.15) is 13.3 Å². The number of amides is 1. The Bertz CT molecular complexity index is 213. The van der Waals surface area contributed by atoms with E-state index in [1.807, 2.05) is 0 Å². The van der Waals surface area contributed by atoms with Gasteiger partial charge in [-0.25, -0.2) is 10.3 Å². The van der Waals surface area contributed by atoms with E-state index in [0.29, 0.717) is 13.0 Å². The van der Waals surface area contributed by atoms with Crippen LogP contribution in [-0.4, -0.2) is 47.4 Å². The SMILES string of the molecule is C[C@@H](O)C(=O)N1CC[C@H](ON)[C@H](F)C1. The molecule has 5 nitrogen and oxygen atoms in total. The molecule has 0 aliphatic carbocycles. The van der Waals surface area contributed by atoms with Crippen LogP contribution >= 0.6 is 0 Å². The number of hydrogen-bond donors (Lipinski definition) is 2. The van der Waals surface area contributed by atoms with E-state index < -0.39 is 24.3 Å². The molecule has 1 amide bonds. The predicted molar refractivity (Wildman–Crippen MR) is 46.8 cm³/mol. The maximum Gasteiger partial charge on any atom is 0.251 e. The fourth-order valence-corrected chi connectivity index (χ4v) is 1.50. The number of carbonyl (C=O) groups excluding carboxylic acids is 1. The normalized spacial score (nSPS) is 30.1. The number of hydrogen-bond acceptors (Lipinski definition) is 4. The van der Waals surface area contributed by atoms with Crippen molar-refractivity contribution in [1.29, 1.82) is 0 Å². The zero-order valence-corrected chi connectivity index (χ0v) is 8.02. The van der Waals surface area contributed by atoms with E-state index in [2.05, 4.69) is 4.84 Å². The predicted octanol–water partition coefficient (Wildman–Crippen LogP) is -0.803. The van der Waals surface area contributed by atoms with Crippen molar-refractivity contribution in [2.75, 3.05) is 13.1 Å². The molecule has 0 radical (unpaired) electrons. The van der Waals surface area contributed by atoms with E-state index in [-0.39, 0.29) is 6.54 Å². The Hall–Kier alpha value is -0.720. The van der Waals surface area contributed by atoms with Gasteiger partial charge in [-0.15, -0.1) is 0 Å². The third-order valence-corrected chi connectivity index (χ3v) is 2.33. The summed E-state index contributed by atoms with van der Waals surface area (Å²) in [7, 11) is 0. The van der Waals surface area contributed by atoms with Crippen LogP contribution in [-0.2, 0) is 9.63 Å². The Morgan fingerprint density at radius 3 is 2.86 bits per heavy atom. The summed E-state index contributed by atoms with van der Waals surface area (Å²) in [6.07, 6.45) is -2.65. The van der Waals surface area contributed by atoms with Crippen LogP contribution in [0.3, 0.4) is 0 Å². The summed E-state index contributed by atoms with van der Waals surface area (Å²) in [6, 6.07) is 0. The molecule has 1 rings (SSSR count). The molecule has 1 fully saturated rings. The minimum Gasteiger partial charge on any atom is -0.384 e. The maximum atomic E-state index is 13.2. The molecule has 14 heavy (non-hydrogen) atoms. The standard InChI is InChI=1S/C8H15FN2O3/c1-5(12)8(13)11-3-2-7(14-10)6(9)4-11/h5-7,12H,2-4,10H2,1H3/t5-,6-,7+/m1/s1. The van der Waals surface area contributed by atoms with E-state index in [9.17, 15) is 9.18 Å². The van der Waals surface area contributed by atoms with Crippen molar-refractivity contribution < 1.29 is 19.1 Å². The molecule has 0 aromatic rings. The van der Waals surface area contributed by atoms with Gasteiger partial charge in [-0.05, 0) is 13.3 Å². The summed E-state index contributed by atoms with van der Waals surface area (Å²) in [6.45, 7) is 1.67. The van der Waals surface area contributed by atoms with Gasteiger partial charge < -0.3 is 10.0 Å². The molecule has 6 heteroatoms. The third kappa shape index (κ3) is 2.40. The first-order chi connectivity index (χ1) is 6.56. The van der Waals surface area contributed by atoms with Gasteiger partial charge in [0, 0.05) is 6.54 Å². The lowest BCUT2D eigenvalue weighted by Crippen LogP contribution is -2.51. The number of halogens is 1. The van der Waals surface area contributed by atoms with Crippen molar-refractivity contribution in [3.05, 3.63) is 0 Å². The van der Waals surface area contributed by atoms with Crippen LogP contribution in [0.25, 0.3) is 0 Å². The lowest BCUT2D eigenvalue weighted by molar-refractivity contribution is -0.145. The Morgan fingerprint density at radius 2 is 2.43 bits per heavy atom. The van der Waals surface area contributed by atoms with Crippen molar-refractivity contribution in [2.45, 2.75) is 31.7 Å². The molecule has 1 aliphatic heterocycles. The Kier molecular flexibility index (Phi) is 3.79. The molecule has 0 aromatic heterocycles. The van der Waals surface area contributed by atoms with Crippen molar-refractivity contribution in [2.24, 2.45) is 5.90 Å². The zero-order valence-electron chi connectivity index (χ0n) is 8.02. The lowest BCUT2D eigenvalue weighted by atomic mass is 10.1. The van der Waals surface area contributed by atoms with Gasteiger partial charge in [-0.2, -0.15) is 0 Å². The van der Waals surface area contributed by atoms with Gasteiger partial charge in [0.05, 0.1) is 6.54 Å². The molecule has 0 spiro atoms. The number of alkyl halides is 1.